The molecular formula is C17H23N5O2S. The van der Waals surface area contributed by atoms with Gasteiger partial charge in [-0.15, -0.1) is 5.10 Å². The number of rotatable bonds is 6. The van der Waals surface area contributed by atoms with Crippen LogP contribution in [-0.4, -0.2) is 47.7 Å². The lowest BCUT2D eigenvalue weighted by Gasteiger charge is -2.27. The van der Waals surface area contributed by atoms with E-state index >= 15 is 0 Å². The van der Waals surface area contributed by atoms with Gasteiger partial charge in [0.2, 0.25) is 5.95 Å². The quantitative estimate of drug-likeness (QED) is 0.842. The van der Waals surface area contributed by atoms with Crippen molar-refractivity contribution in [3.8, 4) is 0 Å². The first kappa shape index (κ1) is 17.6. The first-order chi connectivity index (χ1) is 12.0. The minimum absolute atomic E-state index is 0.0418. The third kappa shape index (κ3) is 4.25. The maximum Gasteiger partial charge on any atom is 0.245 e. The molecule has 7 nitrogen and oxygen atoms in total. The summed E-state index contributed by atoms with van der Waals surface area (Å²) in [6, 6.07) is 10.0. The van der Waals surface area contributed by atoms with Gasteiger partial charge in [-0.2, -0.15) is 10.1 Å². The van der Waals surface area contributed by atoms with E-state index in [4.69, 9.17) is 0 Å². The molecule has 1 fully saturated rings. The summed E-state index contributed by atoms with van der Waals surface area (Å²) in [6.45, 7) is 4.70. The summed E-state index contributed by atoms with van der Waals surface area (Å²) in [5, 5.41) is 11.4. The van der Waals surface area contributed by atoms with E-state index in [1.807, 2.05) is 49.1 Å². The summed E-state index contributed by atoms with van der Waals surface area (Å²) in [6.07, 6.45) is 2.22. The maximum atomic E-state index is 11.8. The molecule has 2 unspecified atom stereocenters. The summed E-state index contributed by atoms with van der Waals surface area (Å²) in [5.41, 5.74) is 1.13. The molecule has 1 aliphatic rings. The predicted octanol–water partition coefficient (Wildman–Crippen LogP) is 2.06. The predicted molar refractivity (Wildman–Crippen MR) is 98.4 cm³/mol. The van der Waals surface area contributed by atoms with Crippen LogP contribution in [0.15, 0.2) is 36.5 Å². The summed E-state index contributed by atoms with van der Waals surface area (Å²) in [4.78, 5) is 6.55. The second-order valence-corrected chi connectivity index (χ2v) is 8.49. The number of sulfone groups is 1. The molecule has 25 heavy (non-hydrogen) atoms. The van der Waals surface area contributed by atoms with Gasteiger partial charge in [-0.05, 0) is 25.8 Å². The van der Waals surface area contributed by atoms with Crippen molar-refractivity contribution in [1.82, 2.24) is 15.2 Å². The lowest BCUT2D eigenvalue weighted by atomic mass is 10.1. The highest BCUT2D eigenvalue weighted by Gasteiger charge is 2.32. The second kappa shape index (κ2) is 7.35. The van der Waals surface area contributed by atoms with E-state index in [0.717, 1.165) is 5.56 Å². The van der Waals surface area contributed by atoms with Crippen LogP contribution in [0, 0.1) is 0 Å². The Morgan fingerprint density at radius 1 is 1.32 bits per heavy atom. The Labute approximate surface area is 148 Å². The van der Waals surface area contributed by atoms with Crippen LogP contribution < -0.4 is 10.2 Å². The summed E-state index contributed by atoms with van der Waals surface area (Å²) >= 11 is 0. The zero-order valence-corrected chi connectivity index (χ0v) is 15.3. The van der Waals surface area contributed by atoms with Gasteiger partial charge in [0.05, 0.1) is 23.7 Å². The van der Waals surface area contributed by atoms with Gasteiger partial charge in [0.25, 0.3) is 0 Å². The van der Waals surface area contributed by atoms with Gasteiger partial charge in [-0.1, -0.05) is 30.3 Å². The van der Waals surface area contributed by atoms with Gasteiger partial charge in [0, 0.05) is 12.6 Å². The lowest BCUT2D eigenvalue weighted by Crippen LogP contribution is -2.37. The zero-order valence-electron chi connectivity index (χ0n) is 14.5. The second-order valence-electron chi connectivity index (χ2n) is 6.26. The summed E-state index contributed by atoms with van der Waals surface area (Å²) in [7, 11) is -2.94. The molecule has 8 heteroatoms. The largest absolute Gasteiger partial charge is 0.351 e. The minimum Gasteiger partial charge on any atom is -0.351 e. The van der Waals surface area contributed by atoms with Crippen LogP contribution in [0.5, 0.6) is 0 Å². The van der Waals surface area contributed by atoms with E-state index in [1.165, 1.54) is 0 Å². The van der Waals surface area contributed by atoms with Gasteiger partial charge in [-0.25, -0.2) is 8.42 Å². The number of hydrogen-bond acceptors (Lipinski definition) is 7. The minimum atomic E-state index is -2.94. The molecule has 1 N–H and O–H groups in total. The molecule has 0 radical (unpaired) electrons. The monoisotopic (exact) mass is 361 g/mol. The van der Waals surface area contributed by atoms with Crippen molar-refractivity contribution >= 4 is 21.6 Å². The molecular weight excluding hydrogens is 338 g/mol. The topological polar surface area (TPSA) is 88.1 Å². The van der Waals surface area contributed by atoms with Crippen LogP contribution in [0.2, 0.25) is 0 Å². The Bertz CT molecular complexity index is 813. The number of hydrogen-bond donors (Lipinski definition) is 1. The fourth-order valence-corrected chi connectivity index (χ4v) is 4.87. The molecule has 1 aromatic carbocycles. The molecule has 134 valence electrons. The van der Waals surface area contributed by atoms with Gasteiger partial charge in [0.15, 0.2) is 15.7 Å². The number of nitrogens with zero attached hydrogens (tertiary/aromatic N) is 4. The third-order valence-electron chi connectivity index (χ3n) is 4.48. The Morgan fingerprint density at radius 3 is 2.72 bits per heavy atom. The Balaban J connectivity index is 1.76. The van der Waals surface area contributed by atoms with Gasteiger partial charge in [0.1, 0.15) is 0 Å². The molecule has 2 atom stereocenters. The van der Waals surface area contributed by atoms with E-state index in [9.17, 15) is 8.42 Å². The summed E-state index contributed by atoms with van der Waals surface area (Å²) in [5.74, 6) is 1.51. The van der Waals surface area contributed by atoms with Crippen molar-refractivity contribution < 1.29 is 8.42 Å². The highest BCUT2D eigenvalue weighted by Crippen LogP contribution is 2.23. The standard InChI is InChI=1S/C17H23N5O2S/c1-3-22(15-9-10-25(23,24)12-15)16-11-18-21-17(20-16)19-13(2)14-7-5-4-6-8-14/h4-8,11,13,15H,3,9-10,12H2,1-2H3,(H,19,20,21). The lowest BCUT2D eigenvalue weighted by molar-refractivity contribution is 0.599. The highest BCUT2D eigenvalue weighted by molar-refractivity contribution is 7.91. The number of nitrogens with one attached hydrogen (secondary N) is 1. The molecule has 0 spiro atoms. The number of anilines is 2. The van der Waals surface area contributed by atoms with Crippen molar-refractivity contribution in [3.05, 3.63) is 42.1 Å². The van der Waals surface area contributed by atoms with Crippen LogP contribution in [0.3, 0.4) is 0 Å². The smallest absolute Gasteiger partial charge is 0.245 e. The molecule has 2 aromatic rings. The van der Waals surface area contributed by atoms with Gasteiger partial charge in [-0.3, -0.25) is 0 Å². The molecule has 1 aromatic heterocycles. The van der Waals surface area contributed by atoms with Crippen molar-refractivity contribution in [3.63, 3.8) is 0 Å². The first-order valence-electron chi connectivity index (χ1n) is 8.47. The Kier molecular flexibility index (Phi) is 5.17. The van der Waals surface area contributed by atoms with E-state index in [0.29, 0.717) is 24.7 Å². The molecule has 0 bridgehead atoms. The SMILES string of the molecule is CCN(c1cnnc(NC(C)c2ccccc2)n1)C1CCS(=O)(=O)C1. The number of aromatic nitrogens is 3. The number of benzene rings is 1. The van der Waals surface area contributed by atoms with Crippen LogP contribution in [0.4, 0.5) is 11.8 Å². The van der Waals surface area contributed by atoms with E-state index in [2.05, 4.69) is 20.5 Å². The molecule has 2 heterocycles. The van der Waals surface area contributed by atoms with Crippen molar-refractivity contribution in [1.29, 1.82) is 0 Å². The van der Waals surface area contributed by atoms with Crippen LogP contribution >= 0.6 is 0 Å². The van der Waals surface area contributed by atoms with Gasteiger partial charge < -0.3 is 10.2 Å². The fourth-order valence-electron chi connectivity index (χ4n) is 3.14. The van der Waals surface area contributed by atoms with Crippen LogP contribution in [0.25, 0.3) is 0 Å². The highest BCUT2D eigenvalue weighted by atomic mass is 32.2. The van der Waals surface area contributed by atoms with Crippen molar-refractivity contribution in [2.24, 2.45) is 0 Å². The van der Waals surface area contributed by atoms with E-state index in [1.54, 1.807) is 6.20 Å². The van der Waals surface area contributed by atoms with Crippen LogP contribution in [0.1, 0.15) is 31.9 Å². The average molecular weight is 361 g/mol. The summed E-state index contributed by atoms with van der Waals surface area (Å²) < 4.78 is 23.5. The van der Waals surface area contributed by atoms with Crippen molar-refractivity contribution in [2.75, 3.05) is 28.3 Å². The first-order valence-corrected chi connectivity index (χ1v) is 10.3. The zero-order chi connectivity index (χ0) is 17.9. The molecule has 3 rings (SSSR count). The van der Waals surface area contributed by atoms with E-state index < -0.39 is 9.84 Å². The molecule has 0 amide bonds. The van der Waals surface area contributed by atoms with Crippen molar-refractivity contribution in [2.45, 2.75) is 32.4 Å². The molecule has 0 saturated carbocycles. The normalized spacial score (nSPS) is 20.2. The fraction of sp³-hybridized carbons (Fsp3) is 0.471. The maximum absolute atomic E-state index is 11.8. The Morgan fingerprint density at radius 2 is 2.08 bits per heavy atom. The van der Waals surface area contributed by atoms with E-state index in [-0.39, 0.29) is 23.6 Å². The molecule has 0 aliphatic carbocycles. The Hall–Kier alpha value is -2.22. The third-order valence-corrected chi connectivity index (χ3v) is 6.23. The average Bonchev–Trinajstić information content (AvgIpc) is 2.96. The van der Waals surface area contributed by atoms with Crippen LogP contribution in [-0.2, 0) is 9.84 Å². The van der Waals surface area contributed by atoms with Gasteiger partial charge >= 0.3 is 0 Å². The molecule has 1 aliphatic heterocycles. The molecule has 1 saturated heterocycles.